The summed E-state index contributed by atoms with van der Waals surface area (Å²) in [5, 5.41) is 12.3. The predicted molar refractivity (Wildman–Crippen MR) is 136 cm³/mol. The number of carbonyl (C=O) groups excluding carboxylic acids is 1. The fraction of sp³-hybridized carbons (Fsp3) is 0.375. The second kappa shape index (κ2) is 12.6. The van der Waals surface area contributed by atoms with Gasteiger partial charge in [0, 0.05) is 42.8 Å². The molecular weight excluding hydrogens is 438 g/mol. The normalized spacial score (nSPS) is 10.8. The number of carbonyl (C=O) groups is 1. The van der Waals surface area contributed by atoms with Crippen molar-refractivity contribution >= 4 is 35.1 Å². The number of thioether (sulfide) groups is 2. The standard InChI is InChI=1S/C24H31N5OS2/c1-4-29(5-2)20-14-12-19(13-15-20)23-26-27-24(28(23)3)32-18-22(30)25-16-9-17-31-21-10-7-6-8-11-21/h6-8,10-15H,4-5,9,16-18H2,1-3H3,(H,25,30). The van der Waals surface area contributed by atoms with Gasteiger partial charge in [0.2, 0.25) is 5.91 Å². The van der Waals surface area contributed by atoms with Gasteiger partial charge < -0.3 is 14.8 Å². The Balaban J connectivity index is 1.43. The number of amides is 1. The van der Waals surface area contributed by atoms with Crippen molar-refractivity contribution in [1.82, 2.24) is 20.1 Å². The van der Waals surface area contributed by atoms with E-state index in [1.54, 1.807) is 0 Å². The molecule has 0 radical (unpaired) electrons. The van der Waals surface area contributed by atoms with Crippen molar-refractivity contribution in [3.8, 4) is 11.4 Å². The quantitative estimate of drug-likeness (QED) is 0.306. The molecule has 0 fully saturated rings. The Morgan fingerprint density at radius 2 is 1.72 bits per heavy atom. The summed E-state index contributed by atoms with van der Waals surface area (Å²) in [6.07, 6.45) is 0.938. The van der Waals surface area contributed by atoms with Crippen molar-refractivity contribution in [3.05, 3.63) is 54.6 Å². The average molecular weight is 470 g/mol. The van der Waals surface area contributed by atoms with Gasteiger partial charge in [0.1, 0.15) is 0 Å². The van der Waals surface area contributed by atoms with Crippen LogP contribution in [0, 0.1) is 0 Å². The maximum absolute atomic E-state index is 12.2. The van der Waals surface area contributed by atoms with E-state index in [0.717, 1.165) is 41.8 Å². The number of hydrogen-bond donors (Lipinski definition) is 1. The largest absolute Gasteiger partial charge is 0.372 e. The number of hydrogen-bond acceptors (Lipinski definition) is 6. The molecule has 0 aliphatic rings. The van der Waals surface area contributed by atoms with E-state index < -0.39 is 0 Å². The molecule has 0 saturated heterocycles. The summed E-state index contributed by atoms with van der Waals surface area (Å²) < 4.78 is 1.95. The maximum atomic E-state index is 12.2. The number of aromatic nitrogens is 3. The molecule has 3 aromatic rings. The number of nitrogens with zero attached hydrogens (tertiary/aromatic N) is 4. The van der Waals surface area contributed by atoms with Crippen LogP contribution in [0.3, 0.4) is 0 Å². The first-order valence-electron chi connectivity index (χ1n) is 10.9. The second-order valence-electron chi connectivity index (χ2n) is 7.24. The Bertz CT molecular complexity index is 972. The molecule has 1 N–H and O–H groups in total. The van der Waals surface area contributed by atoms with E-state index >= 15 is 0 Å². The smallest absolute Gasteiger partial charge is 0.230 e. The van der Waals surface area contributed by atoms with E-state index in [1.165, 1.54) is 22.3 Å². The first kappa shape index (κ1) is 24.2. The van der Waals surface area contributed by atoms with Crippen molar-refractivity contribution in [2.45, 2.75) is 30.3 Å². The summed E-state index contributed by atoms with van der Waals surface area (Å²) in [5.74, 6) is 2.14. The van der Waals surface area contributed by atoms with E-state index in [1.807, 2.05) is 41.6 Å². The lowest BCUT2D eigenvalue weighted by Crippen LogP contribution is -2.26. The van der Waals surface area contributed by atoms with E-state index in [0.29, 0.717) is 12.3 Å². The minimum atomic E-state index is 0.0211. The molecule has 0 unspecified atom stereocenters. The monoisotopic (exact) mass is 469 g/mol. The lowest BCUT2D eigenvalue weighted by molar-refractivity contribution is -0.118. The molecule has 6 nitrogen and oxygen atoms in total. The molecule has 0 saturated carbocycles. The summed E-state index contributed by atoms with van der Waals surface area (Å²) in [7, 11) is 1.94. The molecule has 1 aromatic heterocycles. The van der Waals surface area contributed by atoms with Crippen LogP contribution >= 0.6 is 23.5 Å². The molecule has 2 aromatic carbocycles. The van der Waals surface area contributed by atoms with Gasteiger partial charge in [0.05, 0.1) is 5.75 Å². The van der Waals surface area contributed by atoms with E-state index in [4.69, 9.17) is 0 Å². The number of benzene rings is 2. The average Bonchev–Trinajstić information content (AvgIpc) is 3.19. The van der Waals surface area contributed by atoms with Gasteiger partial charge in [-0.1, -0.05) is 30.0 Å². The Kier molecular flexibility index (Phi) is 9.49. The van der Waals surface area contributed by atoms with Crippen LogP contribution in [0.2, 0.25) is 0 Å². The Morgan fingerprint density at radius 1 is 1.00 bits per heavy atom. The van der Waals surface area contributed by atoms with Crippen LogP contribution in [0.1, 0.15) is 20.3 Å². The molecule has 1 amide bonds. The van der Waals surface area contributed by atoms with E-state index in [2.05, 4.69) is 70.7 Å². The number of nitrogens with one attached hydrogen (secondary N) is 1. The number of rotatable bonds is 12. The van der Waals surface area contributed by atoms with Gasteiger partial charge in [-0.15, -0.1) is 22.0 Å². The molecule has 0 atom stereocenters. The van der Waals surface area contributed by atoms with Crippen molar-refractivity contribution in [3.63, 3.8) is 0 Å². The van der Waals surface area contributed by atoms with Gasteiger partial charge in [0.25, 0.3) is 0 Å². The SMILES string of the molecule is CCN(CC)c1ccc(-c2nnc(SCC(=O)NCCCSc3ccccc3)n2C)cc1. The third kappa shape index (κ3) is 6.77. The molecule has 0 aliphatic carbocycles. The molecule has 170 valence electrons. The first-order valence-corrected chi connectivity index (χ1v) is 12.9. The van der Waals surface area contributed by atoms with Gasteiger partial charge in [-0.3, -0.25) is 4.79 Å². The van der Waals surface area contributed by atoms with Crippen LogP contribution in [-0.4, -0.2) is 51.8 Å². The highest BCUT2D eigenvalue weighted by atomic mass is 32.2. The van der Waals surface area contributed by atoms with Crippen LogP contribution < -0.4 is 10.2 Å². The Labute approximate surface area is 199 Å². The zero-order chi connectivity index (χ0) is 22.8. The summed E-state index contributed by atoms with van der Waals surface area (Å²) in [5.41, 5.74) is 2.22. The van der Waals surface area contributed by atoms with E-state index in [-0.39, 0.29) is 5.91 Å². The molecule has 0 spiro atoms. The second-order valence-corrected chi connectivity index (χ2v) is 9.35. The summed E-state index contributed by atoms with van der Waals surface area (Å²) in [4.78, 5) is 15.8. The van der Waals surface area contributed by atoms with Gasteiger partial charge in [-0.2, -0.15) is 0 Å². The third-order valence-electron chi connectivity index (χ3n) is 5.08. The number of anilines is 1. The minimum Gasteiger partial charge on any atom is -0.372 e. The molecule has 8 heteroatoms. The summed E-state index contributed by atoms with van der Waals surface area (Å²) in [6, 6.07) is 18.7. The summed E-state index contributed by atoms with van der Waals surface area (Å²) >= 11 is 3.22. The van der Waals surface area contributed by atoms with Crippen molar-refractivity contribution in [2.75, 3.05) is 36.0 Å². The van der Waals surface area contributed by atoms with Crippen LogP contribution in [-0.2, 0) is 11.8 Å². The molecule has 1 heterocycles. The summed E-state index contributed by atoms with van der Waals surface area (Å²) in [6.45, 7) is 6.96. The van der Waals surface area contributed by atoms with Crippen LogP contribution in [0.15, 0.2) is 64.6 Å². The topological polar surface area (TPSA) is 63.1 Å². The van der Waals surface area contributed by atoms with Crippen LogP contribution in [0.5, 0.6) is 0 Å². The maximum Gasteiger partial charge on any atom is 0.230 e. The third-order valence-corrected chi connectivity index (χ3v) is 7.20. The fourth-order valence-electron chi connectivity index (χ4n) is 3.29. The first-order chi connectivity index (χ1) is 15.6. The van der Waals surface area contributed by atoms with Crippen LogP contribution in [0.4, 0.5) is 5.69 Å². The van der Waals surface area contributed by atoms with Gasteiger partial charge >= 0.3 is 0 Å². The van der Waals surface area contributed by atoms with Gasteiger partial charge in [0.15, 0.2) is 11.0 Å². The Hall–Kier alpha value is -2.45. The fourth-order valence-corrected chi connectivity index (χ4v) is 4.90. The zero-order valence-corrected chi connectivity index (χ0v) is 20.6. The Morgan fingerprint density at radius 3 is 2.41 bits per heavy atom. The predicted octanol–water partition coefficient (Wildman–Crippen LogP) is 4.72. The molecule has 32 heavy (non-hydrogen) atoms. The van der Waals surface area contributed by atoms with E-state index in [9.17, 15) is 4.79 Å². The van der Waals surface area contributed by atoms with Crippen molar-refractivity contribution in [1.29, 1.82) is 0 Å². The van der Waals surface area contributed by atoms with Crippen molar-refractivity contribution < 1.29 is 4.79 Å². The molecule has 0 bridgehead atoms. The van der Waals surface area contributed by atoms with Gasteiger partial charge in [-0.05, 0) is 62.4 Å². The highest BCUT2D eigenvalue weighted by Gasteiger charge is 2.13. The zero-order valence-electron chi connectivity index (χ0n) is 19.0. The molecule has 0 aliphatic heterocycles. The lowest BCUT2D eigenvalue weighted by atomic mass is 10.2. The van der Waals surface area contributed by atoms with Gasteiger partial charge in [-0.25, -0.2) is 0 Å². The minimum absolute atomic E-state index is 0.0211. The molecule has 3 rings (SSSR count). The highest BCUT2D eigenvalue weighted by molar-refractivity contribution is 7.99. The molecular formula is C24H31N5OS2. The highest BCUT2D eigenvalue weighted by Crippen LogP contribution is 2.25. The lowest BCUT2D eigenvalue weighted by Gasteiger charge is -2.21. The van der Waals surface area contributed by atoms with Crippen LogP contribution in [0.25, 0.3) is 11.4 Å². The van der Waals surface area contributed by atoms with Crippen molar-refractivity contribution in [2.24, 2.45) is 7.05 Å².